The fraction of sp³-hybridized carbons (Fsp3) is 0.962. The molecule has 4 saturated carbocycles. The fourth-order valence-corrected chi connectivity index (χ4v) is 16.1. The monoisotopic (exact) mass is 1080 g/mol. The van der Waals surface area contributed by atoms with Gasteiger partial charge < -0.3 is 109 Å². The van der Waals surface area contributed by atoms with Crippen LogP contribution in [0.4, 0.5) is 0 Å². The van der Waals surface area contributed by atoms with Crippen LogP contribution >= 0.6 is 0 Å². The lowest BCUT2D eigenvalue weighted by Crippen LogP contribution is -2.68. The topological polar surface area (TPSA) is 357 Å². The molecular weight excluding hydrogens is 989 g/mol. The van der Waals surface area contributed by atoms with Crippen molar-refractivity contribution in [1.29, 1.82) is 0 Å². The SMILES string of the molecule is CC(C)=CCC[C@](C)(O[C@@H]1O[C@@H](CO[C@H]2O[C@H](CO)[C@H](O)[C@@H]2O)[C@H](O)[C@@H](O)[C@@H]1O)[C@@H]1CC[C@]2(C)[C@H]1[C@H](O)C[C@H]1[C@]3(C)CC[C@@H](O[C@H]4O[C@@H](CO)[C@@H](O)[C@@H](O)[C@@H]4O[C@@H]4O[C@H](CO)[C@H](O)[C@H](O)[C@H]4O)C(C)(C)[C@@H]3CC[C@@]12C. The second-order valence-corrected chi connectivity index (χ2v) is 25.3. The van der Waals surface area contributed by atoms with E-state index in [4.69, 9.17) is 37.9 Å². The maximum atomic E-state index is 12.8. The van der Waals surface area contributed by atoms with Gasteiger partial charge in [-0.3, -0.25) is 0 Å². The van der Waals surface area contributed by atoms with E-state index in [0.29, 0.717) is 38.5 Å². The molecule has 22 nitrogen and oxygen atoms in total. The minimum atomic E-state index is -1.81. The van der Waals surface area contributed by atoms with Crippen LogP contribution < -0.4 is 0 Å². The molecule has 29 atom stereocenters. The Morgan fingerprint density at radius 2 is 1.08 bits per heavy atom. The minimum absolute atomic E-state index is 0.0508. The summed E-state index contributed by atoms with van der Waals surface area (Å²) in [6.45, 7) is 14.9. The molecule has 4 heterocycles. The first kappa shape index (κ1) is 60.0. The zero-order chi connectivity index (χ0) is 55.1. The number of ether oxygens (including phenoxy) is 8. The van der Waals surface area contributed by atoms with Gasteiger partial charge in [0.25, 0.3) is 0 Å². The van der Waals surface area contributed by atoms with Gasteiger partial charge in [-0.15, -0.1) is 0 Å². The van der Waals surface area contributed by atoms with Gasteiger partial charge in [-0.2, -0.15) is 0 Å². The van der Waals surface area contributed by atoms with E-state index in [1.807, 2.05) is 20.8 Å². The summed E-state index contributed by atoms with van der Waals surface area (Å²) in [7, 11) is 0. The van der Waals surface area contributed by atoms with Gasteiger partial charge in [-0.05, 0) is 124 Å². The molecule has 8 aliphatic rings. The molecule has 0 radical (unpaired) electrons. The molecule has 8 rings (SSSR count). The summed E-state index contributed by atoms with van der Waals surface area (Å²) in [6.07, 6.45) is -22.1. The number of hydrogen-bond donors (Lipinski definition) is 14. The van der Waals surface area contributed by atoms with Crippen molar-refractivity contribution in [3.63, 3.8) is 0 Å². The smallest absolute Gasteiger partial charge is 0.187 e. The Bertz CT molecular complexity index is 1940. The van der Waals surface area contributed by atoms with Gasteiger partial charge in [-0.1, -0.05) is 46.3 Å². The largest absolute Gasteiger partial charge is 0.394 e. The summed E-state index contributed by atoms with van der Waals surface area (Å²) in [5.41, 5.74) is -1.47. The molecule has 4 aliphatic heterocycles. The number of allylic oxidation sites excluding steroid dienone is 2. The predicted octanol–water partition coefficient (Wildman–Crippen LogP) is -1.56. The summed E-state index contributed by atoms with van der Waals surface area (Å²) in [5.74, 6) is -0.394. The first-order chi connectivity index (χ1) is 35.1. The molecule has 0 aromatic carbocycles. The summed E-state index contributed by atoms with van der Waals surface area (Å²) in [5, 5.41) is 151. The lowest BCUT2D eigenvalue weighted by atomic mass is 9.35. The first-order valence-electron chi connectivity index (χ1n) is 27.3. The standard InChI is InChI=1S/C53H90O22/c1-23(2)10-9-14-53(8,75-47-43(67)39(63)37(61)29(72-47)22-68-45-41(65)36(60)28(21-56)69-45)24-11-16-52(7)33(24)25(57)18-31-50(5)15-13-32(49(3,4)30(50)12-17-51(31,52)6)73-48-44(40(64)35(59)27(20-55)71-48)74-46-42(66)38(62)34(58)26(19-54)70-46/h10,24-48,54-67H,9,11-22H2,1-8H3/t24-,25-,26-,27+,28-,29+,30+,31+,32-,33-,34+,35-,36+,37+,38+,39-,40-,41+,42-,43+,44+,45+,46+,47+,48-,50-,51+,52-,53+/m1/s1. The van der Waals surface area contributed by atoms with Crippen LogP contribution in [0.25, 0.3) is 0 Å². The van der Waals surface area contributed by atoms with Crippen LogP contribution in [0.15, 0.2) is 11.6 Å². The maximum absolute atomic E-state index is 12.8. The van der Waals surface area contributed by atoms with Crippen molar-refractivity contribution in [3.05, 3.63) is 11.6 Å². The summed E-state index contributed by atoms with van der Waals surface area (Å²) in [6, 6.07) is 0. The molecule has 0 amide bonds. The number of fused-ring (bicyclic) bond motifs is 5. The molecular formula is C53H90O22. The molecule has 0 bridgehead atoms. The van der Waals surface area contributed by atoms with Crippen molar-refractivity contribution >= 4 is 0 Å². The third-order valence-electron chi connectivity index (χ3n) is 20.5. The Balaban J connectivity index is 1.01. The molecule has 14 N–H and O–H groups in total. The quantitative estimate of drug-likeness (QED) is 0.0614. The van der Waals surface area contributed by atoms with Gasteiger partial charge in [0.1, 0.15) is 91.6 Å². The van der Waals surface area contributed by atoms with Gasteiger partial charge in [0.2, 0.25) is 0 Å². The molecule has 22 heteroatoms. The van der Waals surface area contributed by atoms with E-state index in [-0.39, 0.29) is 34.5 Å². The van der Waals surface area contributed by atoms with E-state index in [1.54, 1.807) is 0 Å². The van der Waals surface area contributed by atoms with Gasteiger partial charge in [0.05, 0.1) is 44.2 Å². The van der Waals surface area contributed by atoms with Crippen LogP contribution in [0.1, 0.15) is 113 Å². The van der Waals surface area contributed by atoms with Crippen LogP contribution in [-0.2, 0) is 37.9 Å². The molecule has 75 heavy (non-hydrogen) atoms. The molecule has 434 valence electrons. The highest BCUT2D eigenvalue weighted by atomic mass is 16.8. The average Bonchev–Trinajstić information content (AvgIpc) is 3.89. The Morgan fingerprint density at radius 3 is 1.69 bits per heavy atom. The molecule has 4 aliphatic carbocycles. The summed E-state index contributed by atoms with van der Waals surface area (Å²) in [4.78, 5) is 0. The molecule has 8 fully saturated rings. The molecule has 0 aromatic rings. The van der Waals surface area contributed by atoms with E-state index >= 15 is 0 Å². The van der Waals surface area contributed by atoms with Crippen molar-refractivity contribution in [1.82, 2.24) is 0 Å². The Hall–Kier alpha value is -1.14. The lowest BCUT2D eigenvalue weighted by molar-refractivity contribution is -0.378. The van der Waals surface area contributed by atoms with Crippen molar-refractivity contribution in [2.45, 2.75) is 248 Å². The van der Waals surface area contributed by atoms with Crippen molar-refractivity contribution < 1.29 is 109 Å². The number of aliphatic hydroxyl groups is 14. The molecule has 0 spiro atoms. The maximum Gasteiger partial charge on any atom is 0.187 e. The van der Waals surface area contributed by atoms with Crippen LogP contribution in [0.2, 0.25) is 0 Å². The third-order valence-corrected chi connectivity index (χ3v) is 20.5. The summed E-state index contributed by atoms with van der Waals surface area (Å²) >= 11 is 0. The number of hydrogen-bond acceptors (Lipinski definition) is 22. The van der Waals surface area contributed by atoms with Gasteiger partial charge in [0, 0.05) is 0 Å². The predicted molar refractivity (Wildman–Crippen MR) is 260 cm³/mol. The number of aliphatic hydroxyl groups excluding tert-OH is 14. The third kappa shape index (κ3) is 10.5. The van der Waals surface area contributed by atoms with E-state index in [9.17, 15) is 71.5 Å². The first-order valence-corrected chi connectivity index (χ1v) is 27.3. The highest BCUT2D eigenvalue weighted by Gasteiger charge is 2.72. The number of rotatable bonds is 16. The summed E-state index contributed by atoms with van der Waals surface area (Å²) < 4.78 is 48.9. The highest BCUT2D eigenvalue weighted by Crippen LogP contribution is 2.76. The van der Waals surface area contributed by atoms with Crippen molar-refractivity contribution in [2.24, 2.45) is 45.3 Å². The van der Waals surface area contributed by atoms with E-state index in [2.05, 4.69) is 40.7 Å². The van der Waals surface area contributed by atoms with Gasteiger partial charge in [-0.25, -0.2) is 0 Å². The fourth-order valence-electron chi connectivity index (χ4n) is 16.1. The van der Waals surface area contributed by atoms with Crippen molar-refractivity contribution in [3.8, 4) is 0 Å². The van der Waals surface area contributed by atoms with E-state index < -0.39 is 172 Å². The lowest BCUT2D eigenvalue weighted by Gasteiger charge is -2.71. The Labute approximate surface area is 439 Å². The Kier molecular flexibility index (Phi) is 18.1. The van der Waals surface area contributed by atoms with E-state index in [1.165, 1.54) is 0 Å². The van der Waals surface area contributed by atoms with Gasteiger partial charge in [0.15, 0.2) is 25.2 Å². The van der Waals surface area contributed by atoms with Gasteiger partial charge >= 0.3 is 0 Å². The highest BCUT2D eigenvalue weighted by molar-refractivity contribution is 5.20. The van der Waals surface area contributed by atoms with Crippen LogP contribution in [0.5, 0.6) is 0 Å². The zero-order valence-corrected chi connectivity index (χ0v) is 44.7. The molecule has 0 aromatic heterocycles. The average molecular weight is 1080 g/mol. The normalized spacial score (nSPS) is 52.6. The van der Waals surface area contributed by atoms with Crippen molar-refractivity contribution in [2.75, 3.05) is 26.4 Å². The Morgan fingerprint density at radius 1 is 0.560 bits per heavy atom. The minimum Gasteiger partial charge on any atom is -0.394 e. The molecule has 4 saturated heterocycles. The van der Waals surface area contributed by atoms with Crippen LogP contribution in [-0.4, -0.2) is 232 Å². The van der Waals surface area contributed by atoms with Crippen LogP contribution in [0.3, 0.4) is 0 Å². The second kappa shape index (κ2) is 22.7. The van der Waals surface area contributed by atoms with Crippen LogP contribution in [0, 0.1) is 45.3 Å². The van der Waals surface area contributed by atoms with E-state index in [0.717, 1.165) is 24.8 Å². The zero-order valence-electron chi connectivity index (χ0n) is 44.7. The molecule has 0 unspecified atom stereocenters. The second-order valence-electron chi connectivity index (χ2n) is 25.3.